The molecule has 7 N–H and O–H groups in total. The standard InChI is InChI=1S/C16H29NO6P/c1-14(2,3)10-7-8-12(11(9-10)15(4,5)6)24(21,22)23-13(17)16(18,19)20/h7-9,13,18-22H,17H2,1-6H3/q+1. The normalized spacial score (nSPS) is 15.5. The molecule has 0 aliphatic rings. The quantitative estimate of drug-likeness (QED) is 0.341. The minimum absolute atomic E-state index is 0.114. The molecule has 1 aromatic rings. The van der Waals surface area contributed by atoms with Gasteiger partial charge in [0.2, 0.25) is 6.23 Å². The predicted molar refractivity (Wildman–Crippen MR) is 93.3 cm³/mol. The maximum Gasteiger partial charge on any atom is 0.445 e. The first kappa shape index (κ1) is 21.4. The number of aliphatic hydroxyl groups is 3. The lowest BCUT2D eigenvalue weighted by atomic mass is 9.81. The van der Waals surface area contributed by atoms with Crippen LogP contribution in [0.2, 0.25) is 0 Å². The lowest BCUT2D eigenvalue weighted by molar-refractivity contribution is -0.349. The topological polar surface area (TPSA) is 136 Å². The first-order valence-corrected chi connectivity index (χ1v) is 9.19. The van der Waals surface area contributed by atoms with Gasteiger partial charge in [-0.2, -0.15) is 9.79 Å². The zero-order chi connectivity index (χ0) is 19.1. The Bertz CT molecular complexity index is 584. The summed E-state index contributed by atoms with van der Waals surface area (Å²) in [5.74, 6) is -3.38. The van der Waals surface area contributed by atoms with E-state index in [1.165, 1.54) is 6.07 Å². The summed E-state index contributed by atoms with van der Waals surface area (Å²) in [6, 6.07) is 5.16. The monoisotopic (exact) mass is 362 g/mol. The molecule has 8 heteroatoms. The zero-order valence-corrected chi connectivity index (χ0v) is 15.9. The second kappa shape index (κ2) is 6.59. The van der Waals surface area contributed by atoms with Crippen LogP contribution in [-0.4, -0.2) is 37.3 Å². The van der Waals surface area contributed by atoms with Gasteiger partial charge in [-0.3, -0.25) is 5.73 Å². The van der Waals surface area contributed by atoms with Gasteiger partial charge in [-0.15, -0.1) is 4.52 Å². The van der Waals surface area contributed by atoms with Crippen molar-refractivity contribution in [1.82, 2.24) is 0 Å². The maximum absolute atomic E-state index is 10.4. The average molecular weight is 362 g/mol. The van der Waals surface area contributed by atoms with Crippen LogP contribution in [0.15, 0.2) is 18.2 Å². The van der Waals surface area contributed by atoms with Crippen molar-refractivity contribution in [2.24, 2.45) is 5.73 Å². The van der Waals surface area contributed by atoms with E-state index in [0.29, 0.717) is 5.56 Å². The van der Waals surface area contributed by atoms with Gasteiger partial charge in [-0.25, -0.2) is 0 Å². The Labute approximate surface area is 143 Å². The summed E-state index contributed by atoms with van der Waals surface area (Å²) in [5.41, 5.74) is 6.33. The molecule has 0 saturated heterocycles. The third-order valence-electron chi connectivity index (χ3n) is 3.63. The molecular formula is C16H29NO6P+. The molecule has 1 atom stereocenters. The van der Waals surface area contributed by atoms with Crippen molar-refractivity contribution in [1.29, 1.82) is 0 Å². The van der Waals surface area contributed by atoms with Gasteiger partial charge >= 0.3 is 13.9 Å². The van der Waals surface area contributed by atoms with Gasteiger partial charge in [0.25, 0.3) is 0 Å². The number of hydrogen-bond donors (Lipinski definition) is 6. The molecule has 0 fully saturated rings. The summed E-state index contributed by atoms with van der Waals surface area (Å²) in [6.45, 7) is 11.8. The van der Waals surface area contributed by atoms with Gasteiger partial charge < -0.3 is 15.3 Å². The first-order valence-electron chi connectivity index (χ1n) is 7.57. The molecule has 1 rings (SSSR count). The van der Waals surface area contributed by atoms with Crippen molar-refractivity contribution in [3.05, 3.63) is 29.3 Å². The highest BCUT2D eigenvalue weighted by Gasteiger charge is 2.50. The molecule has 1 unspecified atom stereocenters. The van der Waals surface area contributed by atoms with Gasteiger partial charge in [0.05, 0.1) is 0 Å². The highest BCUT2D eigenvalue weighted by molar-refractivity contribution is 7.67. The van der Waals surface area contributed by atoms with Crippen molar-refractivity contribution in [2.45, 2.75) is 64.6 Å². The molecule has 0 radical (unpaired) electrons. The van der Waals surface area contributed by atoms with Crippen LogP contribution in [0, 0.1) is 0 Å². The lowest BCUT2D eigenvalue weighted by Crippen LogP contribution is -2.50. The van der Waals surface area contributed by atoms with E-state index in [1.807, 2.05) is 47.6 Å². The fourth-order valence-corrected chi connectivity index (χ4v) is 3.70. The van der Waals surface area contributed by atoms with Gasteiger partial charge in [-0.1, -0.05) is 53.7 Å². The Hall–Kier alpha value is -0.630. The third kappa shape index (κ3) is 5.18. The average Bonchev–Trinajstić information content (AvgIpc) is 2.34. The van der Waals surface area contributed by atoms with Gasteiger partial charge in [0.1, 0.15) is 0 Å². The van der Waals surface area contributed by atoms with Crippen LogP contribution in [0.5, 0.6) is 0 Å². The van der Waals surface area contributed by atoms with Crippen molar-refractivity contribution < 1.29 is 29.6 Å². The molecule has 0 spiro atoms. The Balaban J connectivity index is 3.42. The molecule has 0 saturated carbocycles. The minimum atomic E-state index is -4.26. The van der Waals surface area contributed by atoms with Crippen molar-refractivity contribution in [3.63, 3.8) is 0 Å². The molecule has 1 aromatic carbocycles. The van der Waals surface area contributed by atoms with E-state index in [9.17, 15) is 9.79 Å². The molecule has 0 amide bonds. The molecule has 7 nitrogen and oxygen atoms in total. The molecular weight excluding hydrogens is 333 g/mol. The van der Waals surface area contributed by atoms with Crippen LogP contribution in [0.25, 0.3) is 0 Å². The summed E-state index contributed by atoms with van der Waals surface area (Å²) in [4.78, 5) is 20.8. The molecule has 0 heterocycles. The van der Waals surface area contributed by atoms with Crippen molar-refractivity contribution in [3.8, 4) is 0 Å². The van der Waals surface area contributed by atoms with Crippen molar-refractivity contribution in [2.75, 3.05) is 0 Å². The van der Waals surface area contributed by atoms with E-state index in [0.717, 1.165) is 5.56 Å². The van der Waals surface area contributed by atoms with Crippen LogP contribution in [0.3, 0.4) is 0 Å². The molecule has 138 valence electrons. The Morgan fingerprint density at radius 3 is 1.83 bits per heavy atom. The summed E-state index contributed by atoms with van der Waals surface area (Å²) in [7, 11) is -4.26. The van der Waals surface area contributed by atoms with Gasteiger partial charge in [0, 0.05) is 5.56 Å². The summed E-state index contributed by atoms with van der Waals surface area (Å²) in [6.07, 6.45) is -2.10. The number of benzene rings is 1. The SMILES string of the molecule is CC(C)(C)c1ccc([P+](O)(O)OC(N)C(O)(O)O)c(C(C)(C)C)c1. The molecule has 0 aliphatic heterocycles. The predicted octanol–water partition coefficient (Wildman–Crippen LogP) is 0.586. The lowest BCUT2D eigenvalue weighted by Gasteiger charge is -2.28. The van der Waals surface area contributed by atoms with Crippen LogP contribution >= 0.6 is 7.94 Å². The molecule has 0 bridgehead atoms. The van der Waals surface area contributed by atoms with Crippen LogP contribution in [0.4, 0.5) is 0 Å². The fourth-order valence-electron chi connectivity index (χ4n) is 2.14. The highest BCUT2D eigenvalue weighted by atomic mass is 31.2. The summed E-state index contributed by atoms with van der Waals surface area (Å²) in [5, 5.41) is 27.2. The smallest absolute Gasteiger partial charge is 0.340 e. The van der Waals surface area contributed by atoms with Crippen LogP contribution in [0.1, 0.15) is 52.7 Å². The summed E-state index contributed by atoms with van der Waals surface area (Å²) >= 11 is 0. The van der Waals surface area contributed by atoms with Gasteiger partial charge in [0.15, 0.2) is 5.30 Å². The van der Waals surface area contributed by atoms with E-state index in [4.69, 9.17) is 25.6 Å². The highest BCUT2D eigenvalue weighted by Crippen LogP contribution is 2.53. The van der Waals surface area contributed by atoms with E-state index in [1.54, 1.807) is 6.07 Å². The second-order valence-electron chi connectivity index (χ2n) is 7.99. The fraction of sp³-hybridized carbons (Fsp3) is 0.625. The maximum atomic E-state index is 10.4. The van der Waals surface area contributed by atoms with E-state index >= 15 is 0 Å². The van der Waals surface area contributed by atoms with Crippen molar-refractivity contribution >= 4 is 13.2 Å². The van der Waals surface area contributed by atoms with E-state index in [-0.39, 0.29) is 10.7 Å². The Morgan fingerprint density at radius 1 is 0.958 bits per heavy atom. The van der Waals surface area contributed by atoms with Crippen LogP contribution in [-0.2, 0) is 15.4 Å². The second-order valence-corrected chi connectivity index (χ2v) is 9.77. The minimum Gasteiger partial charge on any atom is -0.340 e. The third-order valence-corrected chi connectivity index (χ3v) is 5.17. The Kier molecular flexibility index (Phi) is 5.88. The summed E-state index contributed by atoms with van der Waals surface area (Å²) < 4.78 is 4.80. The van der Waals surface area contributed by atoms with E-state index < -0.39 is 25.6 Å². The zero-order valence-electron chi connectivity index (χ0n) is 15.0. The molecule has 24 heavy (non-hydrogen) atoms. The van der Waals surface area contributed by atoms with Gasteiger partial charge in [-0.05, 0) is 22.5 Å². The number of hydrogen-bond acceptors (Lipinski definition) is 7. The first-order chi connectivity index (χ1) is 10.5. The largest absolute Gasteiger partial charge is 0.445 e. The van der Waals surface area contributed by atoms with Crippen LogP contribution < -0.4 is 11.0 Å². The number of rotatable bonds is 4. The number of nitrogens with two attached hydrogens (primary N) is 1. The van der Waals surface area contributed by atoms with E-state index in [2.05, 4.69) is 0 Å². The molecule has 0 aliphatic carbocycles. The molecule has 0 aromatic heterocycles. The Morgan fingerprint density at radius 2 is 1.46 bits per heavy atom.